The summed E-state index contributed by atoms with van der Waals surface area (Å²) in [4.78, 5) is 0. The van der Waals surface area contributed by atoms with Crippen molar-refractivity contribution in [1.82, 2.24) is 5.32 Å². The number of hydrogen-bond donors (Lipinski definition) is 3. The SMILES string of the molecule is NC(CCNCc1cc(Br)ccc1F)=NO. The van der Waals surface area contributed by atoms with Crippen molar-refractivity contribution in [3.63, 3.8) is 0 Å². The number of amidine groups is 1. The molecule has 1 rings (SSSR count). The average Bonchev–Trinajstić information content (AvgIpc) is 2.28. The first kappa shape index (κ1) is 12.9. The van der Waals surface area contributed by atoms with Crippen LogP contribution < -0.4 is 11.1 Å². The van der Waals surface area contributed by atoms with Crippen LogP contribution >= 0.6 is 15.9 Å². The van der Waals surface area contributed by atoms with Gasteiger partial charge in [-0.2, -0.15) is 0 Å². The van der Waals surface area contributed by atoms with Gasteiger partial charge in [0.05, 0.1) is 0 Å². The molecule has 0 amide bonds. The van der Waals surface area contributed by atoms with E-state index in [9.17, 15) is 4.39 Å². The molecule has 0 fully saturated rings. The molecule has 0 aliphatic carbocycles. The molecular formula is C10H13BrFN3O. The van der Waals surface area contributed by atoms with Crippen molar-refractivity contribution in [3.05, 3.63) is 34.1 Å². The van der Waals surface area contributed by atoms with Gasteiger partial charge in [0, 0.05) is 29.5 Å². The molecule has 88 valence electrons. The van der Waals surface area contributed by atoms with Crippen LogP contribution in [0.1, 0.15) is 12.0 Å². The molecule has 0 spiro atoms. The van der Waals surface area contributed by atoms with Gasteiger partial charge < -0.3 is 16.3 Å². The zero-order valence-corrected chi connectivity index (χ0v) is 10.2. The molecule has 0 unspecified atom stereocenters. The lowest BCUT2D eigenvalue weighted by atomic mass is 10.2. The van der Waals surface area contributed by atoms with Gasteiger partial charge in [-0.3, -0.25) is 0 Å². The Hall–Kier alpha value is -1.14. The second kappa shape index (κ2) is 6.44. The Bertz CT molecular complexity index is 384. The van der Waals surface area contributed by atoms with Crippen LogP contribution in [0.3, 0.4) is 0 Å². The summed E-state index contributed by atoms with van der Waals surface area (Å²) in [6.45, 7) is 0.936. The van der Waals surface area contributed by atoms with Crippen molar-refractivity contribution in [3.8, 4) is 0 Å². The van der Waals surface area contributed by atoms with Crippen LogP contribution in [-0.4, -0.2) is 17.6 Å². The third kappa shape index (κ3) is 4.16. The largest absolute Gasteiger partial charge is 0.409 e. The van der Waals surface area contributed by atoms with Crippen molar-refractivity contribution < 1.29 is 9.60 Å². The van der Waals surface area contributed by atoms with E-state index < -0.39 is 0 Å². The molecule has 0 aromatic heterocycles. The molecule has 0 bridgehead atoms. The van der Waals surface area contributed by atoms with Gasteiger partial charge in [0.25, 0.3) is 0 Å². The summed E-state index contributed by atoms with van der Waals surface area (Å²) in [6.07, 6.45) is 0.423. The lowest BCUT2D eigenvalue weighted by Gasteiger charge is -2.06. The topological polar surface area (TPSA) is 70.6 Å². The molecule has 6 heteroatoms. The number of oxime groups is 1. The highest BCUT2D eigenvalue weighted by molar-refractivity contribution is 9.10. The van der Waals surface area contributed by atoms with Crippen LogP contribution in [-0.2, 0) is 6.54 Å². The maximum absolute atomic E-state index is 13.3. The average molecular weight is 290 g/mol. The van der Waals surface area contributed by atoms with Gasteiger partial charge in [0.2, 0.25) is 0 Å². The number of nitrogens with zero attached hydrogens (tertiary/aromatic N) is 1. The maximum atomic E-state index is 13.3. The molecule has 4 N–H and O–H groups in total. The summed E-state index contributed by atoms with van der Waals surface area (Å²) in [6, 6.07) is 4.77. The van der Waals surface area contributed by atoms with Crippen LogP contribution in [0.5, 0.6) is 0 Å². The van der Waals surface area contributed by atoms with Gasteiger partial charge >= 0.3 is 0 Å². The molecule has 1 aromatic rings. The minimum absolute atomic E-state index is 0.155. The van der Waals surface area contributed by atoms with Gasteiger partial charge in [-0.05, 0) is 18.2 Å². The summed E-state index contributed by atoms with van der Waals surface area (Å²) in [5, 5.41) is 14.1. The second-order valence-corrected chi connectivity index (χ2v) is 4.17. The summed E-state index contributed by atoms with van der Waals surface area (Å²) in [7, 11) is 0. The Labute approximate surface area is 101 Å². The van der Waals surface area contributed by atoms with Gasteiger partial charge in [-0.1, -0.05) is 21.1 Å². The van der Waals surface area contributed by atoms with Crippen molar-refractivity contribution in [2.45, 2.75) is 13.0 Å². The van der Waals surface area contributed by atoms with Crippen LogP contribution in [0.4, 0.5) is 4.39 Å². The highest BCUT2D eigenvalue weighted by atomic mass is 79.9. The molecule has 0 aliphatic rings. The minimum Gasteiger partial charge on any atom is -0.409 e. The number of rotatable bonds is 5. The fourth-order valence-corrected chi connectivity index (χ4v) is 1.58. The van der Waals surface area contributed by atoms with E-state index in [-0.39, 0.29) is 11.7 Å². The van der Waals surface area contributed by atoms with Gasteiger partial charge in [-0.25, -0.2) is 4.39 Å². The van der Waals surface area contributed by atoms with Crippen LogP contribution in [0.25, 0.3) is 0 Å². The Morgan fingerprint density at radius 3 is 3.00 bits per heavy atom. The monoisotopic (exact) mass is 289 g/mol. The predicted octanol–water partition coefficient (Wildman–Crippen LogP) is 1.81. The Balaban J connectivity index is 2.40. The second-order valence-electron chi connectivity index (χ2n) is 3.25. The standard InChI is InChI=1S/C10H13BrFN3O/c11-8-1-2-9(12)7(5-8)6-14-4-3-10(13)15-16/h1-2,5,14,16H,3-4,6H2,(H2,13,15). The normalized spacial score (nSPS) is 11.8. The molecule has 0 saturated heterocycles. The highest BCUT2D eigenvalue weighted by Crippen LogP contribution is 2.15. The number of nitrogens with two attached hydrogens (primary N) is 1. The molecule has 4 nitrogen and oxygen atoms in total. The van der Waals surface area contributed by atoms with Crippen molar-refractivity contribution in [2.75, 3.05) is 6.54 Å². The first-order chi connectivity index (χ1) is 7.63. The van der Waals surface area contributed by atoms with E-state index in [1.165, 1.54) is 6.07 Å². The smallest absolute Gasteiger partial charge is 0.140 e. The van der Waals surface area contributed by atoms with E-state index in [2.05, 4.69) is 26.4 Å². The van der Waals surface area contributed by atoms with Crippen molar-refractivity contribution in [1.29, 1.82) is 0 Å². The summed E-state index contributed by atoms with van der Waals surface area (Å²) in [5.41, 5.74) is 5.86. The third-order valence-corrected chi connectivity index (χ3v) is 2.50. The number of benzene rings is 1. The van der Waals surface area contributed by atoms with Crippen molar-refractivity contribution >= 4 is 21.8 Å². The maximum Gasteiger partial charge on any atom is 0.140 e. The molecule has 0 saturated carbocycles. The summed E-state index contributed by atoms with van der Waals surface area (Å²) in [5.74, 6) is -0.0956. The van der Waals surface area contributed by atoms with E-state index in [1.54, 1.807) is 12.1 Å². The van der Waals surface area contributed by atoms with Gasteiger partial charge in [-0.15, -0.1) is 0 Å². The molecule has 0 atom stereocenters. The zero-order valence-electron chi connectivity index (χ0n) is 8.58. The van der Waals surface area contributed by atoms with E-state index in [1.807, 2.05) is 0 Å². The first-order valence-electron chi connectivity index (χ1n) is 4.74. The lowest BCUT2D eigenvalue weighted by Crippen LogP contribution is -2.22. The Morgan fingerprint density at radius 2 is 2.31 bits per heavy atom. The summed E-state index contributed by atoms with van der Waals surface area (Å²) < 4.78 is 14.1. The Morgan fingerprint density at radius 1 is 1.56 bits per heavy atom. The summed E-state index contributed by atoms with van der Waals surface area (Å²) >= 11 is 3.27. The number of nitrogens with one attached hydrogen (secondary N) is 1. The fraction of sp³-hybridized carbons (Fsp3) is 0.300. The molecule has 1 aromatic carbocycles. The van der Waals surface area contributed by atoms with Crippen LogP contribution in [0.15, 0.2) is 27.8 Å². The molecular weight excluding hydrogens is 277 g/mol. The zero-order chi connectivity index (χ0) is 12.0. The number of halogens is 2. The first-order valence-corrected chi connectivity index (χ1v) is 5.54. The van der Waals surface area contributed by atoms with Crippen LogP contribution in [0, 0.1) is 5.82 Å². The third-order valence-electron chi connectivity index (χ3n) is 2.01. The quantitative estimate of drug-likeness (QED) is 0.255. The molecule has 0 radical (unpaired) electrons. The Kier molecular flexibility index (Phi) is 5.21. The van der Waals surface area contributed by atoms with Crippen LogP contribution in [0.2, 0.25) is 0 Å². The van der Waals surface area contributed by atoms with E-state index in [4.69, 9.17) is 10.9 Å². The van der Waals surface area contributed by atoms with Gasteiger partial charge in [0.1, 0.15) is 11.7 Å². The highest BCUT2D eigenvalue weighted by Gasteiger charge is 2.02. The molecule has 16 heavy (non-hydrogen) atoms. The predicted molar refractivity (Wildman–Crippen MR) is 63.8 cm³/mol. The van der Waals surface area contributed by atoms with E-state index >= 15 is 0 Å². The molecule has 0 aliphatic heterocycles. The van der Waals surface area contributed by atoms with Crippen molar-refractivity contribution in [2.24, 2.45) is 10.9 Å². The molecule has 0 heterocycles. The van der Waals surface area contributed by atoms with Gasteiger partial charge in [0.15, 0.2) is 0 Å². The fourth-order valence-electron chi connectivity index (χ4n) is 1.17. The number of hydrogen-bond acceptors (Lipinski definition) is 3. The lowest BCUT2D eigenvalue weighted by molar-refractivity contribution is 0.316. The van der Waals surface area contributed by atoms with E-state index in [0.717, 1.165) is 4.47 Å². The van der Waals surface area contributed by atoms with E-state index in [0.29, 0.717) is 25.1 Å². The minimum atomic E-state index is -0.250.